The SMILES string of the molecule is O=C1CSc2ccc(NCC3CCCO3)cc2N1. The third-order valence-electron chi connectivity index (χ3n) is 3.17. The maximum atomic E-state index is 11.3. The fourth-order valence-corrected chi connectivity index (χ4v) is 3.02. The molecule has 1 fully saturated rings. The van der Waals surface area contributed by atoms with Crippen LogP contribution in [0.5, 0.6) is 0 Å². The molecule has 5 heteroatoms. The first-order chi connectivity index (χ1) is 8.81. The highest BCUT2D eigenvalue weighted by Crippen LogP contribution is 2.33. The fraction of sp³-hybridized carbons (Fsp3) is 0.462. The van der Waals surface area contributed by atoms with Gasteiger partial charge < -0.3 is 15.4 Å². The molecule has 1 saturated heterocycles. The van der Waals surface area contributed by atoms with Crippen molar-refractivity contribution < 1.29 is 9.53 Å². The van der Waals surface area contributed by atoms with Crippen molar-refractivity contribution in [3.05, 3.63) is 18.2 Å². The molecule has 1 amide bonds. The zero-order valence-corrected chi connectivity index (χ0v) is 10.9. The lowest BCUT2D eigenvalue weighted by Gasteiger charge is -2.18. The van der Waals surface area contributed by atoms with E-state index < -0.39 is 0 Å². The van der Waals surface area contributed by atoms with Gasteiger partial charge in [-0.15, -0.1) is 11.8 Å². The highest BCUT2D eigenvalue weighted by atomic mass is 32.2. The zero-order valence-electron chi connectivity index (χ0n) is 10.1. The Labute approximate surface area is 110 Å². The molecule has 0 aromatic heterocycles. The van der Waals surface area contributed by atoms with Gasteiger partial charge in [0.2, 0.25) is 5.91 Å². The van der Waals surface area contributed by atoms with E-state index in [1.807, 2.05) is 6.07 Å². The quantitative estimate of drug-likeness (QED) is 0.879. The Kier molecular flexibility index (Phi) is 3.43. The molecule has 1 unspecified atom stereocenters. The number of fused-ring (bicyclic) bond motifs is 1. The van der Waals surface area contributed by atoms with Gasteiger partial charge in [0, 0.05) is 23.7 Å². The van der Waals surface area contributed by atoms with Crippen molar-refractivity contribution in [3.8, 4) is 0 Å². The maximum absolute atomic E-state index is 11.3. The largest absolute Gasteiger partial charge is 0.382 e. The van der Waals surface area contributed by atoms with Gasteiger partial charge in [0.15, 0.2) is 0 Å². The monoisotopic (exact) mass is 264 g/mol. The second kappa shape index (κ2) is 5.20. The molecule has 2 N–H and O–H groups in total. The highest BCUT2D eigenvalue weighted by Gasteiger charge is 2.17. The lowest BCUT2D eigenvalue weighted by Crippen LogP contribution is -2.20. The number of benzene rings is 1. The molecule has 96 valence electrons. The van der Waals surface area contributed by atoms with Crippen LogP contribution in [0.1, 0.15) is 12.8 Å². The average Bonchev–Trinajstić information content (AvgIpc) is 2.89. The molecule has 1 aromatic carbocycles. The van der Waals surface area contributed by atoms with Crippen LogP contribution in [-0.4, -0.2) is 30.9 Å². The molecule has 0 spiro atoms. The predicted molar refractivity (Wildman–Crippen MR) is 73.3 cm³/mol. The summed E-state index contributed by atoms with van der Waals surface area (Å²) in [5.41, 5.74) is 1.95. The van der Waals surface area contributed by atoms with E-state index in [9.17, 15) is 4.79 Å². The van der Waals surface area contributed by atoms with Gasteiger partial charge in [0.05, 0.1) is 17.5 Å². The van der Waals surface area contributed by atoms with Crippen LogP contribution in [0.4, 0.5) is 11.4 Å². The first-order valence-corrected chi connectivity index (χ1v) is 7.22. The third-order valence-corrected chi connectivity index (χ3v) is 4.24. The molecule has 0 radical (unpaired) electrons. The van der Waals surface area contributed by atoms with E-state index in [0.29, 0.717) is 11.9 Å². The van der Waals surface area contributed by atoms with Crippen molar-refractivity contribution in [2.45, 2.75) is 23.8 Å². The number of carbonyl (C=O) groups excluding carboxylic acids is 1. The van der Waals surface area contributed by atoms with Crippen LogP contribution in [0.2, 0.25) is 0 Å². The number of anilines is 2. The summed E-state index contributed by atoms with van der Waals surface area (Å²) < 4.78 is 5.57. The summed E-state index contributed by atoms with van der Waals surface area (Å²) >= 11 is 1.58. The van der Waals surface area contributed by atoms with Gasteiger partial charge in [-0.2, -0.15) is 0 Å². The number of carbonyl (C=O) groups is 1. The standard InChI is InChI=1S/C13H16N2O2S/c16-13-8-18-12-4-3-9(6-11(12)15-13)14-7-10-2-1-5-17-10/h3-4,6,10,14H,1-2,5,7-8H2,(H,15,16). The van der Waals surface area contributed by atoms with Gasteiger partial charge in [-0.05, 0) is 31.0 Å². The Morgan fingerprint density at radius 3 is 3.28 bits per heavy atom. The number of nitrogens with one attached hydrogen (secondary N) is 2. The zero-order chi connectivity index (χ0) is 12.4. The number of amides is 1. The van der Waals surface area contributed by atoms with E-state index in [2.05, 4.69) is 22.8 Å². The summed E-state index contributed by atoms with van der Waals surface area (Å²) in [6.07, 6.45) is 2.61. The molecule has 1 aromatic rings. The molecule has 1 atom stereocenters. The van der Waals surface area contributed by atoms with E-state index >= 15 is 0 Å². The van der Waals surface area contributed by atoms with E-state index in [-0.39, 0.29) is 5.91 Å². The normalized spacial score (nSPS) is 22.4. The van der Waals surface area contributed by atoms with Crippen LogP contribution < -0.4 is 10.6 Å². The predicted octanol–water partition coefficient (Wildman–Crippen LogP) is 2.32. The minimum Gasteiger partial charge on any atom is -0.382 e. The van der Waals surface area contributed by atoms with Crippen LogP contribution in [0.25, 0.3) is 0 Å². The first kappa shape index (κ1) is 11.9. The third kappa shape index (κ3) is 2.62. The molecule has 0 saturated carbocycles. The van der Waals surface area contributed by atoms with Gasteiger partial charge in [0.25, 0.3) is 0 Å². The fourth-order valence-electron chi connectivity index (χ4n) is 2.23. The molecule has 0 bridgehead atoms. The van der Waals surface area contributed by atoms with Crippen LogP contribution in [0.3, 0.4) is 0 Å². The first-order valence-electron chi connectivity index (χ1n) is 6.23. The van der Waals surface area contributed by atoms with E-state index in [4.69, 9.17) is 4.74 Å². The molecule has 2 heterocycles. The number of thioether (sulfide) groups is 1. The van der Waals surface area contributed by atoms with Crippen molar-refractivity contribution in [2.24, 2.45) is 0 Å². The minimum absolute atomic E-state index is 0.0729. The van der Waals surface area contributed by atoms with Gasteiger partial charge >= 0.3 is 0 Å². The summed E-state index contributed by atoms with van der Waals surface area (Å²) in [6.45, 7) is 1.71. The second-order valence-electron chi connectivity index (χ2n) is 4.56. The molecule has 18 heavy (non-hydrogen) atoms. The Bertz CT molecular complexity index is 458. The van der Waals surface area contributed by atoms with Crippen molar-refractivity contribution >= 4 is 29.0 Å². The molecular weight excluding hydrogens is 248 g/mol. The van der Waals surface area contributed by atoms with E-state index in [1.165, 1.54) is 0 Å². The van der Waals surface area contributed by atoms with Gasteiger partial charge in [0.1, 0.15) is 0 Å². The van der Waals surface area contributed by atoms with Gasteiger partial charge in [-0.25, -0.2) is 0 Å². The van der Waals surface area contributed by atoms with Crippen molar-refractivity contribution in [3.63, 3.8) is 0 Å². The Balaban J connectivity index is 1.65. The number of rotatable bonds is 3. The second-order valence-corrected chi connectivity index (χ2v) is 5.58. The smallest absolute Gasteiger partial charge is 0.234 e. The topological polar surface area (TPSA) is 50.4 Å². The van der Waals surface area contributed by atoms with Crippen molar-refractivity contribution in [1.82, 2.24) is 0 Å². The Morgan fingerprint density at radius 2 is 2.44 bits per heavy atom. The van der Waals surface area contributed by atoms with Crippen LogP contribution >= 0.6 is 11.8 Å². The molecule has 2 aliphatic rings. The minimum atomic E-state index is 0.0729. The van der Waals surface area contributed by atoms with Crippen molar-refractivity contribution in [2.75, 3.05) is 29.5 Å². The molecule has 4 nitrogen and oxygen atoms in total. The lowest BCUT2D eigenvalue weighted by molar-refractivity contribution is -0.113. The Morgan fingerprint density at radius 1 is 1.50 bits per heavy atom. The summed E-state index contributed by atoms with van der Waals surface area (Å²) in [4.78, 5) is 12.5. The van der Waals surface area contributed by atoms with Gasteiger partial charge in [-0.3, -0.25) is 4.79 Å². The molecule has 2 aliphatic heterocycles. The Hall–Kier alpha value is -1.20. The maximum Gasteiger partial charge on any atom is 0.234 e. The number of ether oxygens (including phenoxy) is 1. The molecular formula is C13H16N2O2S. The van der Waals surface area contributed by atoms with Crippen LogP contribution in [0, 0.1) is 0 Å². The van der Waals surface area contributed by atoms with Crippen LogP contribution in [-0.2, 0) is 9.53 Å². The summed E-state index contributed by atoms with van der Waals surface area (Å²) in [5.74, 6) is 0.583. The lowest BCUT2D eigenvalue weighted by atomic mass is 10.2. The highest BCUT2D eigenvalue weighted by molar-refractivity contribution is 8.00. The molecule has 0 aliphatic carbocycles. The molecule has 3 rings (SSSR count). The summed E-state index contributed by atoms with van der Waals surface area (Å²) in [5, 5.41) is 6.26. The summed E-state index contributed by atoms with van der Waals surface area (Å²) in [6, 6.07) is 6.10. The van der Waals surface area contributed by atoms with Crippen LogP contribution in [0.15, 0.2) is 23.1 Å². The van der Waals surface area contributed by atoms with E-state index in [1.54, 1.807) is 11.8 Å². The number of hydrogen-bond acceptors (Lipinski definition) is 4. The van der Waals surface area contributed by atoms with E-state index in [0.717, 1.165) is 42.3 Å². The average molecular weight is 264 g/mol. The van der Waals surface area contributed by atoms with Gasteiger partial charge in [-0.1, -0.05) is 0 Å². The summed E-state index contributed by atoms with van der Waals surface area (Å²) in [7, 11) is 0. The van der Waals surface area contributed by atoms with Crippen molar-refractivity contribution in [1.29, 1.82) is 0 Å². The number of hydrogen-bond donors (Lipinski definition) is 2.